The Bertz CT molecular complexity index is 2120. The number of halogens is 4. The van der Waals surface area contributed by atoms with E-state index < -0.39 is 35.4 Å². The molecule has 308 valence electrons. The maximum atomic E-state index is 14.3. The number of hydrogen-bond acceptors (Lipinski definition) is 5. The van der Waals surface area contributed by atoms with Crippen molar-refractivity contribution >= 4 is 60.1 Å². The van der Waals surface area contributed by atoms with Crippen LogP contribution in [-0.4, -0.2) is 72.2 Å². The van der Waals surface area contributed by atoms with E-state index in [1.54, 1.807) is 30.6 Å². The van der Waals surface area contributed by atoms with E-state index in [2.05, 4.69) is 4.72 Å². The minimum absolute atomic E-state index is 0.00579. The normalized spacial score (nSPS) is 18.9. The number of hydrogen-bond donors (Lipinski definition) is 3. The molecule has 2 fully saturated rings. The van der Waals surface area contributed by atoms with Gasteiger partial charge in [-0.1, -0.05) is 71.7 Å². The number of carbonyl (C=O) groups excluding carboxylic acids is 2. The molecule has 8 nitrogen and oxygen atoms in total. The first-order valence-electron chi connectivity index (χ1n) is 19.4. The Kier molecular flexibility index (Phi) is 14.7. The zero-order valence-corrected chi connectivity index (χ0v) is 36.3. The molecule has 0 spiro atoms. The van der Waals surface area contributed by atoms with Crippen LogP contribution in [0.3, 0.4) is 0 Å². The molecule has 2 amide bonds. The van der Waals surface area contributed by atoms with E-state index in [9.17, 15) is 32.6 Å². The summed E-state index contributed by atoms with van der Waals surface area (Å²) < 4.78 is 43.8. The van der Waals surface area contributed by atoms with Gasteiger partial charge in [0.15, 0.2) is 0 Å². The fourth-order valence-electron chi connectivity index (χ4n) is 7.81. The van der Waals surface area contributed by atoms with Crippen LogP contribution < -0.4 is 4.72 Å². The predicted octanol–water partition coefficient (Wildman–Crippen LogP) is 8.64. The number of carbonyl (C=O) groups is 2. The summed E-state index contributed by atoms with van der Waals surface area (Å²) in [5.74, 6) is -0.968. The van der Waals surface area contributed by atoms with Crippen LogP contribution in [0.1, 0.15) is 65.0 Å². The average molecular weight is 852 g/mol. The average Bonchev–Trinajstić information content (AvgIpc) is 3.69. The lowest BCUT2D eigenvalue weighted by Crippen LogP contribution is -2.55. The Morgan fingerprint density at radius 1 is 0.741 bits per heavy atom. The molecule has 2 heterocycles. The van der Waals surface area contributed by atoms with Crippen LogP contribution in [0.15, 0.2) is 84.9 Å². The summed E-state index contributed by atoms with van der Waals surface area (Å²) >= 11 is 12.0. The summed E-state index contributed by atoms with van der Waals surface area (Å²) in [6, 6.07) is 23.7. The SMILES string of the molecule is CB(O)N1C(=O)CC[C@H]1Cc1ccc(-c2cc(Cl)ccc2F)cc1.CB(O)N1C(=O)C[C@H](C(C)(C)N[S@](=O)C(C)(C)C)[C@H]1Cc1ccc(-c2cc(Cl)ccc2F)cc1. The van der Waals surface area contributed by atoms with Crippen molar-refractivity contribution in [1.29, 1.82) is 0 Å². The monoisotopic (exact) mass is 851 g/mol. The Morgan fingerprint density at radius 3 is 1.66 bits per heavy atom. The third-order valence-electron chi connectivity index (χ3n) is 10.8. The lowest BCUT2D eigenvalue weighted by molar-refractivity contribution is -0.126. The second kappa shape index (κ2) is 18.8. The van der Waals surface area contributed by atoms with Crippen molar-refractivity contribution in [3.05, 3.63) is 118 Å². The van der Waals surface area contributed by atoms with Crippen molar-refractivity contribution in [3.8, 4) is 22.3 Å². The topological polar surface area (TPSA) is 110 Å². The van der Waals surface area contributed by atoms with E-state index in [1.165, 1.54) is 29.1 Å². The van der Waals surface area contributed by atoms with E-state index in [4.69, 9.17) is 23.2 Å². The van der Waals surface area contributed by atoms with E-state index in [0.717, 1.165) is 23.1 Å². The summed E-state index contributed by atoms with van der Waals surface area (Å²) in [7, 11) is -3.03. The molecule has 2 saturated heterocycles. The first kappa shape index (κ1) is 45.5. The molecule has 6 rings (SSSR count). The number of nitrogens with zero attached hydrogens (tertiary/aromatic N) is 2. The summed E-state index contributed by atoms with van der Waals surface area (Å²) in [4.78, 5) is 27.8. The van der Waals surface area contributed by atoms with Crippen molar-refractivity contribution in [3.63, 3.8) is 0 Å². The van der Waals surface area contributed by atoms with E-state index in [0.29, 0.717) is 46.0 Å². The highest BCUT2D eigenvalue weighted by molar-refractivity contribution is 7.84. The highest BCUT2D eigenvalue weighted by Crippen LogP contribution is 2.38. The number of amides is 2. The molecule has 4 atom stereocenters. The Hall–Kier alpha value is -3.58. The smallest absolute Gasteiger partial charge is 0.412 e. The second-order valence-corrected chi connectivity index (χ2v) is 19.5. The minimum Gasteiger partial charge on any atom is -0.432 e. The third-order valence-corrected chi connectivity index (χ3v) is 13.1. The molecule has 58 heavy (non-hydrogen) atoms. The van der Waals surface area contributed by atoms with E-state index in [-0.39, 0.29) is 47.9 Å². The number of nitrogens with one attached hydrogen (secondary N) is 1. The van der Waals surface area contributed by atoms with Gasteiger partial charge in [-0.3, -0.25) is 9.59 Å². The Morgan fingerprint density at radius 2 is 1.21 bits per heavy atom. The first-order chi connectivity index (χ1) is 27.2. The fraction of sp³-hybridized carbons (Fsp3) is 0.395. The quantitative estimate of drug-likeness (QED) is 0.131. The van der Waals surface area contributed by atoms with Gasteiger partial charge in [-0.05, 0) is 126 Å². The van der Waals surface area contributed by atoms with Crippen LogP contribution in [0, 0.1) is 17.6 Å². The lowest BCUT2D eigenvalue weighted by Gasteiger charge is -2.39. The zero-order chi connectivity index (χ0) is 42.7. The molecule has 4 aromatic carbocycles. The van der Waals surface area contributed by atoms with Crippen LogP contribution in [0.2, 0.25) is 23.7 Å². The highest BCUT2D eigenvalue weighted by Gasteiger charge is 2.50. The Labute approximate surface area is 354 Å². The summed E-state index contributed by atoms with van der Waals surface area (Å²) in [5, 5.41) is 21.1. The van der Waals surface area contributed by atoms with Crippen LogP contribution in [0.5, 0.6) is 0 Å². The van der Waals surface area contributed by atoms with Gasteiger partial charge in [-0.15, -0.1) is 0 Å². The molecule has 0 saturated carbocycles. The standard InChI is InChI=1S/C25H33BClFN2O3S.C18H18BClFNO2/c1-24(2,3)34(33)29-25(4,5)20-15-23(31)30(26(6)32)22(20)13-16-7-9-17(10-8-16)19-14-18(27)11-12-21(19)28;1-19(24)22-15(7-9-18(22)23)10-12-2-4-13(5-3-12)16-11-14(20)6-8-17(16)21/h7-12,14,20,22,29,32H,13,15H2,1-6H3;2-6,8,11,15,24H,7,9-10H2,1H3/t20-,22+,34+;15-/m00/s1. The molecule has 0 aliphatic carbocycles. The minimum atomic E-state index is -1.31. The van der Waals surface area contributed by atoms with Crippen LogP contribution in [-0.2, 0) is 33.4 Å². The first-order valence-corrected chi connectivity index (χ1v) is 21.3. The molecule has 2 aliphatic rings. The fourth-order valence-corrected chi connectivity index (χ4v) is 9.09. The van der Waals surface area contributed by atoms with Crippen LogP contribution in [0.4, 0.5) is 8.78 Å². The molecule has 3 N–H and O–H groups in total. The van der Waals surface area contributed by atoms with Gasteiger partial charge in [0.05, 0.1) is 15.7 Å². The molecule has 4 aromatic rings. The van der Waals surface area contributed by atoms with E-state index in [1.807, 2.05) is 83.1 Å². The summed E-state index contributed by atoms with van der Waals surface area (Å²) in [6.07, 6.45) is 2.65. The zero-order valence-electron chi connectivity index (χ0n) is 33.9. The van der Waals surface area contributed by atoms with Crippen molar-refractivity contribution in [1.82, 2.24) is 14.3 Å². The van der Waals surface area contributed by atoms with Crippen molar-refractivity contribution in [2.45, 2.75) is 103 Å². The molecular weight excluding hydrogens is 801 g/mol. The molecular formula is C43H51B2Cl2F2N3O5S. The second-order valence-electron chi connectivity index (χ2n) is 16.7. The van der Waals surface area contributed by atoms with Crippen molar-refractivity contribution < 1.29 is 32.6 Å². The number of rotatable bonds is 11. The molecule has 15 heteroatoms. The summed E-state index contributed by atoms with van der Waals surface area (Å²) in [6.45, 7) is 12.8. The van der Waals surface area contributed by atoms with Crippen LogP contribution in [0.25, 0.3) is 22.3 Å². The lowest BCUT2D eigenvalue weighted by atomic mass is 9.77. The molecule has 0 aromatic heterocycles. The summed E-state index contributed by atoms with van der Waals surface area (Å²) in [5.41, 5.74) is 3.74. The van der Waals surface area contributed by atoms with Gasteiger partial charge in [0.25, 0.3) is 0 Å². The third kappa shape index (κ3) is 11.0. The molecule has 0 bridgehead atoms. The Balaban J connectivity index is 0.000000234. The van der Waals surface area contributed by atoms with Crippen molar-refractivity contribution in [2.24, 2.45) is 5.92 Å². The van der Waals surface area contributed by atoms with Crippen molar-refractivity contribution in [2.75, 3.05) is 0 Å². The van der Waals surface area contributed by atoms with Gasteiger partial charge in [-0.25, -0.2) is 17.7 Å². The maximum Gasteiger partial charge on any atom is 0.412 e. The van der Waals surface area contributed by atoms with Crippen LogP contribution >= 0.6 is 23.2 Å². The van der Waals surface area contributed by atoms with Gasteiger partial charge in [0.1, 0.15) is 11.6 Å². The van der Waals surface area contributed by atoms with Gasteiger partial charge in [-0.2, -0.15) is 0 Å². The molecule has 0 radical (unpaired) electrons. The number of benzene rings is 4. The predicted molar refractivity (Wildman–Crippen MR) is 232 cm³/mol. The van der Waals surface area contributed by atoms with Gasteiger partial charge < -0.3 is 19.7 Å². The van der Waals surface area contributed by atoms with Gasteiger partial charge >= 0.3 is 14.1 Å². The highest BCUT2D eigenvalue weighted by atomic mass is 35.5. The van der Waals surface area contributed by atoms with Gasteiger partial charge in [0.2, 0.25) is 11.8 Å². The van der Waals surface area contributed by atoms with Gasteiger partial charge in [0, 0.05) is 57.6 Å². The molecule has 2 aliphatic heterocycles. The molecule has 0 unspecified atom stereocenters. The largest absolute Gasteiger partial charge is 0.432 e. The van der Waals surface area contributed by atoms with E-state index >= 15 is 0 Å². The maximum absolute atomic E-state index is 14.3.